The molecule has 29 heavy (non-hydrogen) atoms. The maximum atomic E-state index is 12.3. The van der Waals surface area contributed by atoms with E-state index in [4.69, 9.17) is 4.42 Å². The number of fused-ring (bicyclic) bond motifs is 2. The zero-order valence-electron chi connectivity index (χ0n) is 17.2. The summed E-state index contributed by atoms with van der Waals surface area (Å²) in [7, 11) is 0. The zero-order chi connectivity index (χ0) is 20.6. The smallest absolute Gasteiger partial charge is 0.307 e. The number of carbonyl (C=O) groups is 1. The molecule has 1 aromatic heterocycles. The van der Waals surface area contributed by atoms with E-state index in [0.29, 0.717) is 5.58 Å². The summed E-state index contributed by atoms with van der Waals surface area (Å²) in [5, 5.41) is 5.00. The average Bonchev–Trinajstić information content (AvgIpc) is 3.12. The summed E-state index contributed by atoms with van der Waals surface area (Å²) in [5.41, 5.74) is 7.81. The van der Waals surface area contributed by atoms with Crippen LogP contribution in [0.4, 0.5) is 5.69 Å². The van der Waals surface area contributed by atoms with Crippen LogP contribution < -0.4 is 10.3 Å². The summed E-state index contributed by atoms with van der Waals surface area (Å²) in [6, 6.07) is 15.5. The summed E-state index contributed by atoms with van der Waals surface area (Å²) in [4.78, 5) is 14.7. The molecule has 2 aromatic carbocycles. The predicted molar refractivity (Wildman–Crippen MR) is 118 cm³/mol. The standard InChI is InChI=1S/C24H25N3O2/c1-5-27-20-11-10-17(12-19(20)16(2)14-24(27,3)4)15-25-26-23(28)22-13-18-8-6-7-9-21(18)29-22/h6-15H,5H2,1-4H3,(H,26,28)/b25-15+. The minimum Gasteiger partial charge on any atom is -0.451 e. The molecule has 1 N–H and O–H groups in total. The van der Waals surface area contributed by atoms with E-state index >= 15 is 0 Å². The number of amides is 1. The second kappa shape index (κ2) is 7.24. The van der Waals surface area contributed by atoms with Crippen molar-refractivity contribution >= 4 is 34.4 Å². The molecule has 148 valence electrons. The number of hydrogen-bond donors (Lipinski definition) is 1. The van der Waals surface area contributed by atoms with E-state index in [9.17, 15) is 4.79 Å². The number of hydrogen-bond acceptors (Lipinski definition) is 4. The number of carbonyl (C=O) groups excluding carboxylic acids is 1. The fraction of sp³-hybridized carbons (Fsp3) is 0.250. The Kier molecular flexibility index (Phi) is 4.74. The van der Waals surface area contributed by atoms with Gasteiger partial charge in [0.2, 0.25) is 0 Å². The molecule has 0 atom stereocenters. The second-order valence-electron chi connectivity index (χ2n) is 7.85. The van der Waals surface area contributed by atoms with Crippen molar-refractivity contribution in [2.75, 3.05) is 11.4 Å². The fourth-order valence-corrected chi connectivity index (χ4v) is 4.07. The number of hydrazone groups is 1. The van der Waals surface area contributed by atoms with Gasteiger partial charge in [0.25, 0.3) is 0 Å². The van der Waals surface area contributed by atoms with Crippen LogP contribution in [-0.4, -0.2) is 24.2 Å². The minimum atomic E-state index is -0.370. The molecule has 2 heterocycles. The molecule has 0 fully saturated rings. The SMILES string of the molecule is CCN1c2ccc(/C=N/NC(=O)c3cc4ccccc4o3)cc2C(C)=CC1(C)C. The van der Waals surface area contributed by atoms with Gasteiger partial charge in [0.15, 0.2) is 5.76 Å². The Hall–Kier alpha value is -3.34. The number of para-hydroxylation sites is 1. The van der Waals surface area contributed by atoms with Crippen molar-refractivity contribution in [3.63, 3.8) is 0 Å². The van der Waals surface area contributed by atoms with Gasteiger partial charge in [-0.05, 0) is 63.1 Å². The van der Waals surface area contributed by atoms with Crippen molar-refractivity contribution in [2.24, 2.45) is 5.10 Å². The molecule has 0 radical (unpaired) electrons. The monoisotopic (exact) mass is 387 g/mol. The molecule has 5 nitrogen and oxygen atoms in total. The molecular weight excluding hydrogens is 362 g/mol. The Morgan fingerprint density at radius 1 is 1.21 bits per heavy atom. The maximum Gasteiger partial charge on any atom is 0.307 e. The number of benzene rings is 2. The third-order valence-electron chi connectivity index (χ3n) is 5.35. The quantitative estimate of drug-likeness (QED) is 0.493. The van der Waals surface area contributed by atoms with Crippen LogP contribution in [-0.2, 0) is 0 Å². The molecule has 0 aliphatic carbocycles. The summed E-state index contributed by atoms with van der Waals surface area (Å²) in [6.45, 7) is 9.70. The van der Waals surface area contributed by atoms with Crippen molar-refractivity contribution in [3.8, 4) is 0 Å². The molecular formula is C24H25N3O2. The lowest BCUT2D eigenvalue weighted by Gasteiger charge is -2.42. The Balaban J connectivity index is 1.52. The van der Waals surface area contributed by atoms with Gasteiger partial charge in [-0.15, -0.1) is 0 Å². The highest BCUT2D eigenvalue weighted by Gasteiger charge is 2.29. The number of rotatable bonds is 4. The van der Waals surface area contributed by atoms with E-state index in [0.717, 1.165) is 17.5 Å². The first kappa shape index (κ1) is 19.0. The van der Waals surface area contributed by atoms with Crippen molar-refractivity contribution < 1.29 is 9.21 Å². The van der Waals surface area contributed by atoms with Gasteiger partial charge < -0.3 is 9.32 Å². The van der Waals surface area contributed by atoms with Crippen LogP contribution in [0.5, 0.6) is 0 Å². The van der Waals surface area contributed by atoms with Gasteiger partial charge in [-0.1, -0.05) is 30.3 Å². The number of nitrogens with one attached hydrogen (secondary N) is 1. The summed E-state index contributed by atoms with van der Waals surface area (Å²) in [5.74, 6) is -0.126. The first-order chi connectivity index (χ1) is 13.9. The molecule has 0 unspecified atom stereocenters. The Morgan fingerprint density at radius 2 is 2.00 bits per heavy atom. The molecule has 3 aromatic rings. The molecule has 0 saturated carbocycles. The first-order valence-corrected chi connectivity index (χ1v) is 9.82. The van der Waals surface area contributed by atoms with Crippen LogP contribution in [0.3, 0.4) is 0 Å². The van der Waals surface area contributed by atoms with Gasteiger partial charge in [-0.3, -0.25) is 4.79 Å². The number of nitrogens with zero attached hydrogens (tertiary/aromatic N) is 2. The lowest BCUT2D eigenvalue weighted by atomic mass is 9.88. The Morgan fingerprint density at radius 3 is 2.76 bits per heavy atom. The van der Waals surface area contributed by atoms with Crippen LogP contribution in [0.25, 0.3) is 16.5 Å². The van der Waals surface area contributed by atoms with Crippen molar-refractivity contribution in [2.45, 2.75) is 33.2 Å². The molecule has 0 saturated heterocycles. The Bertz CT molecular complexity index is 1100. The van der Waals surface area contributed by atoms with Gasteiger partial charge in [0, 0.05) is 23.2 Å². The molecule has 1 aliphatic heterocycles. The van der Waals surface area contributed by atoms with Gasteiger partial charge in [-0.25, -0.2) is 5.43 Å². The van der Waals surface area contributed by atoms with Gasteiger partial charge in [0.1, 0.15) is 5.58 Å². The van der Waals surface area contributed by atoms with Crippen LogP contribution in [0.1, 0.15) is 49.4 Å². The third-order valence-corrected chi connectivity index (χ3v) is 5.35. The number of anilines is 1. The minimum absolute atomic E-state index is 0.0119. The number of likely N-dealkylation sites (N-methyl/N-ethyl adjacent to an activating group) is 1. The molecule has 0 spiro atoms. The maximum absolute atomic E-state index is 12.3. The predicted octanol–water partition coefficient (Wildman–Crippen LogP) is 5.22. The Labute approximate surface area is 170 Å². The molecule has 1 amide bonds. The van der Waals surface area contributed by atoms with E-state index in [1.807, 2.05) is 30.3 Å². The average molecular weight is 387 g/mol. The second-order valence-corrected chi connectivity index (χ2v) is 7.85. The largest absolute Gasteiger partial charge is 0.451 e. The van der Waals surface area contributed by atoms with Crippen molar-refractivity contribution in [1.29, 1.82) is 0 Å². The van der Waals surface area contributed by atoms with Crippen LogP contribution >= 0.6 is 0 Å². The van der Waals surface area contributed by atoms with E-state index in [-0.39, 0.29) is 17.2 Å². The molecule has 1 aliphatic rings. The summed E-state index contributed by atoms with van der Waals surface area (Å²) >= 11 is 0. The fourth-order valence-electron chi connectivity index (χ4n) is 4.07. The van der Waals surface area contributed by atoms with E-state index in [1.54, 1.807) is 12.3 Å². The molecule has 0 bridgehead atoms. The van der Waals surface area contributed by atoms with Gasteiger partial charge in [-0.2, -0.15) is 5.10 Å². The summed E-state index contributed by atoms with van der Waals surface area (Å²) in [6.07, 6.45) is 3.95. The lowest BCUT2D eigenvalue weighted by molar-refractivity contribution is 0.0929. The highest BCUT2D eigenvalue weighted by molar-refractivity contribution is 5.96. The number of allylic oxidation sites excluding steroid dienone is 1. The third kappa shape index (κ3) is 3.56. The van der Waals surface area contributed by atoms with Crippen LogP contribution in [0.15, 0.2) is 64.1 Å². The highest BCUT2D eigenvalue weighted by Crippen LogP contribution is 2.38. The molecule has 4 rings (SSSR count). The van der Waals surface area contributed by atoms with Gasteiger partial charge in [0.05, 0.1) is 11.8 Å². The van der Waals surface area contributed by atoms with E-state index in [2.05, 4.69) is 61.3 Å². The zero-order valence-corrected chi connectivity index (χ0v) is 17.2. The van der Waals surface area contributed by atoms with Crippen LogP contribution in [0, 0.1) is 0 Å². The summed E-state index contributed by atoms with van der Waals surface area (Å²) < 4.78 is 5.57. The van der Waals surface area contributed by atoms with Gasteiger partial charge >= 0.3 is 5.91 Å². The van der Waals surface area contributed by atoms with E-state index in [1.165, 1.54) is 16.8 Å². The lowest BCUT2D eigenvalue weighted by Crippen LogP contribution is -2.44. The highest BCUT2D eigenvalue weighted by atomic mass is 16.3. The number of furan rings is 1. The first-order valence-electron chi connectivity index (χ1n) is 9.82. The normalized spacial score (nSPS) is 15.4. The van der Waals surface area contributed by atoms with Crippen molar-refractivity contribution in [3.05, 3.63) is 71.5 Å². The van der Waals surface area contributed by atoms with Crippen LogP contribution in [0.2, 0.25) is 0 Å². The topological polar surface area (TPSA) is 57.8 Å². The molecule has 5 heteroatoms. The van der Waals surface area contributed by atoms with E-state index < -0.39 is 0 Å². The van der Waals surface area contributed by atoms with Crippen molar-refractivity contribution in [1.82, 2.24) is 5.43 Å².